The van der Waals surface area contributed by atoms with Crippen molar-refractivity contribution in [3.63, 3.8) is 0 Å². The van der Waals surface area contributed by atoms with Crippen molar-refractivity contribution >= 4 is 11.0 Å². The molecule has 0 bridgehead atoms. The van der Waals surface area contributed by atoms with Gasteiger partial charge in [0.25, 0.3) is 0 Å². The van der Waals surface area contributed by atoms with E-state index in [1.54, 1.807) is 12.1 Å². The molecule has 1 aliphatic rings. The second kappa shape index (κ2) is 4.39. The first-order valence-electron chi connectivity index (χ1n) is 6.59. The lowest BCUT2D eigenvalue weighted by Gasteiger charge is -2.07. The van der Waals surface area contributed by atoms with Crippen molar-refractivity contribution in [1.82, 2.24) is 5.32 Å². The second-order valence-electron chi connectivity index (χ2n) is 5.39. The highest BCUT2D eigenvalue weighted by Crippen LogP contribution is 2.33. The largest absolute Gasteiger partial charge is 0.459 e. The van der Waals surface area contributed by atoms with Crippen LogP contribution in [0.4, 0.5) is 4.39 Å². The van der Waals surface area contributed by atoms with E-state index in [1.165, 1.54) is 18.9 Å². The Balaban J connectivity index is 2.02. The molecule has 1 aromatic carbocycles. The van der Waals surface area contributed by atoms with Gasteiger partial charge in [-0.1, -0.05) is 13.8 Å². The molecule has 1 aromatic heterocycles. The Kier molecular flexibility index (Phi) is 2.86. The highest BCUT2D eigenvalue weighted by atomic mass is 19.1. The zero-order chi connectivity index (χ0) is 12.7. The van der Waals surface area contributed by atoms with E-state index in [2.05, 4.69) is 19.2 Å². The number of benzene rings is 1. The molecule has 0 amide bonds. The van der Waals surface area contributed by atoms with E-state index in [1.807, 2.05) is 0 Å². The van der Waals surface area contributed by atoms with Gasteiger partial charge in [-0.25, -0.2) is 4.39 Å². The van der Waals surface area contributed by atoms with Crippen LogP contribution in [-0.2, 0) is 6.54 Å². The van der Waals surface area contributed by atoms with Crippen LogP contribution >= 0.6 is 0 Å². The molecule has 3 rings (SSSR count). The predicted octanol–water partition coefficient (Wildman–Crippen LogP) is 3.95. The Bertz CT molecular complexity index is 569. The van der Waals surface area contributed by atoms with E-state index in [0.29, 0.717) is 12.0 Å². The Hall–Kier alpha value is -1.35. The smallest absolute Gasteiger partial charge is 0.134 e. The number of furan rings is 1. The average Bonchev–Trinajstić information content (AvgIpc) is 3.07. The molecule has 96 valence electrons. The zero-order valence-corrected chi connectivity index (χ0v) is 10.8. The van der Waals surface area contributed by atoms with Gasteiger partial charge in [0.05, 0.1) is 6.54 Å². The number of rotatable bonds is 4. The normalized spacial score (nSPS) is 15.8. The Morgan fingerprint density at radius 1 is 1.39 bits per heavy atom. The summed E-state index contributed by atoms with van der Waals surface area (Å²) in [6.45, 7) is 4.99. The molecule has 1 fully saturated rings. The first kappa shape index (κ1) is 11.7. The van der Waals surface area contributed by atoms with Gasteiger partial charge in [0.15, 0.2) is 0 Å². The lowest BCUT2D eigenvalue weighted by Crippen LogP contribution is -2.15. The first-order chi connectivity index (χ1) is 8.65. The highest BCUT2D eigenvalue weighted by molar-refractivity contribution is 5.83. The Morgan fingerprint density at radius 3 is 2.83 bits per heavy atom. The predicted molar refractivity (Wildman–Crippen MR) is 70.1 cm³/mol. The number of hydrogen-bond donors (Lipinski definition) is 1. The van der Waals surface area contributed by atoms with Gasteiger partial charge in [0.1, 0.15) is 17.2 Å². The molecule has 3 heteroatoms. The molecule has 1 saturated carbocycles. The number of nitrogens with one attached hydrogen (secondary N) is 1. The maximum atomic E-state index is 13.4. The summed E-state index contributed by atoms with van der Waals surface area (Å²) >= 11 is 0. The van der Waals surface area contributed by atoms with Gasteiger partial charge in [-0.2, -0.15) is 0 Å². The number of halogens is 1. The summed E-state index contributed by atoms with van der Waals surface area (Å²) in [5.41, 5.74) is 1.92. The van der Waals surface area contributed by atoms with Gasteiger partial charge >= 0.3 is 0 Å². The fourth-order valence-corrected chi connectivity index (χ4v) is 2.43. The lowest BCUT2D eigenvalue weighted by atomic mass is 9.99. The maximum absolute atomic E-state index is 13.4. The van der Waals surface area contributed by atoms with E-state index in [9.17, 15) is 4.39 Å². The summed E-state index contributed by atoms with van der Waals surface area (Å²) in [5, 5.41) is 4.37. The Labute approximate surface area is 106 Å². The second-order valence-corrected chi connectivity index (χ2v) is 5.39. The van der Waals surface area contributed by atoms with Gasteiger partial charge in [-0.15, -0.1) is 0 Å². The van der Waals surface area contributed by atoms with Gasteiger partial charge in [0, 0.05) is 17.0 Å². The topological polar surface area (TPSA) is 25.2 Å². The number of fused-ring (bicyclic) bond motifs is 1. The quantitative estimate of drug-likeness (QED) is 0.885. The molecule has 0 saturated heterocycles. The fraction of sp³-hybridized carbons (Fsp3) is 0.467. The van der Waals surface area contributed by atoms with Crippen LogP contribution in [0.1, 0.15) is 43.9 Å². The van der Waals surface area contributed by atoms with Crippen LogP contribution in [0.15, 0.2) is 22.6 Å². The number of hydrogen-bond acceptors (Lipinski definition) is 2. The summed E-state index contributed by atoms with van der Waals surface area (Å²) in [6.07, 6.45) is 2.51. The summed E-state index contributed by atoms with van der Waals surface area (Å²) in [4.78, 5) is 0. The van der Waals surface area contributed by atoms with Crippen molar-refractivity contribution in [3.05, 3.63) is 35.3 Å². The Morgan fingerprint density at radius 2 is 2.17 bits per heavy atom. The standard InChI is InChI=1S/C15H18FNO/c1-9(2)15-12-7-10(16)3-6-13(12)18-14(15)8-17-11-4-5-11/h3,6-7,9,11,17H,4-5,8H2,1-2H3. The minimum absolute atomic E-state index is 0.202. The van der Waals surface area contributed by atoms with E-state index in [0.717, 1.165) is 28.8 Å². The van der Waals surface area contributed by atoms with Crippen LogP contribution in [0.2, 0.25) is 0 Å². The van der Waals surface area contributed by atoms with Crippen LogP contribution in [0.3, 0.4) is 0 Å². The summed E-state index contributed by atoms with van der Waals surface area (Å²) in [5.74, 6) is 1.09. The molecule has 1 N–H and O–H groups in total. The molecule has 1 aliphatic carbocycles. The molecule has 2 nitrogen and oxygen atoms in total. The summed E-state index contributed by atoms with van der Waals surface area (Å²) in [6, 6.07) is 5.40. The minimum atomic E-state index is -0.202. The molecule has 18 heavy (non-hydrogen) atoms. The molecular formula is C15H18FNO. The van der Waals surface area contributed by atoms with Crippen molar-refractivity contribution in [3.8, 4) is 0 Å². The molecule has 2 aromatic rings. The summed E-state index contributed by atoms with van der Waals surface area (Å²) < 4.78 is 19.2. The monoisotopic (exact) mass is 247 g/mol. The average molecular weight is 247 g/mol. The molecule has 0 atom stereocenters. The maximum Gasteiger partial charge on any atom is 0.134 e. The van der Waals surface area contributed by atoms with Crippen molar-refractivity contribution in [2.24, 2.45) is 0 Å². The van der Waals surface area contributed by atoms with Crippen molar-refractivity contribution in [2.75, 3.05) is 0 Å². The van der Waals surface area contributed by atoms with Gasteiger partial charge in [-0.3, -0.25) is 0 Å². The SMILES string of the molecule is CC(C)c1c(CNC2CC2)oc2ccc(F)cc12. The molecular weight excluding hydrogens is 229 g/mol. The first-order valence-corrected chi connectivity index (χ1v) is 6.59. The van der Waals surface area contributed by atoms with E-state index in [-0.39, 0.29) is 5.82 Å². The lowest BCUT2D eigenvalue weighted by molar-refractivity contribution is 0.503. The van der Waals surface area contributed by atoms with E-state index < -0.39 is 0 Å². The van der Waals surface area contributed by atoms with Crippen LogP contribution in [0.25, 0.3) is 11.0 Å². The van der Waals surface area contributed by atoms with E-state index >= 15 is 0 Å². The molecule has 0 radical (unpaired) electrons. The minimum Gasteiger partial charge on any atom is -0.459 e. The summed E-state index contributed by atoms with van der Waals surface area (Å²) in [7, 11) is 0. The molecule has 0 aliphatic heterocycles. The third kappa shape index (κ3) is 2.15. The van der Waals surface area contributed by atoms with Crippen molar-refractivity contribution in [2.45, 2.75) is 45.2 Å². The fourth-order valence-electron chi connectivity index (χ4n) is 2.43. The van der Waals surface area contributed by atoms with Gasteiger partial charge < -0.3 is 9.73 Å². The third-order valence-electron chi connectivity index (χ3n) is 3.47. The highest BCUT2D eigenvalue weighted by Gasteiger charge is 2.23. The zero-order valence-electron chi connectivity index (χ0n) is 10.8. The molecule has 0 spiro atoms. The third-order valence-corrected chi connectivity index (χ3v) is 3.47. The van der Waals surface area contributed by atoms with Crippen LogP contribution in [0.5, 0.6) is 0 Å². The van der Waals surface area contributed by atoms with Crippen molar-refractivity contribution < 1.29 is 8.81 Å². The van der Waals surface area contributed by atoms with Crippen LogP contribution in [0, 0.1) is 5.82 Å². The molecule has 1 heterocycles. The molecule has 0 unspecified atom stereocenters. The van der Waals surface area contributed by atoms with E-state index in [4.69, 9.17) is 4.42 Å². The van der Waals surface area contributed by atoms with Crippen molar-refractivity contribution in [1.29, 1.82) is 0 Å². The van der Waals surface area contributed by atoms with Gasteiger partial charge in [0.2, 0.25) is 0 Å². The van der Waals surface area contributed by atoms with Crippen LogP contribution < -0.4 is 5.32 Å². The van der Waals surface area contributed by atoms with Gasteiger partial charge in [-0.05, 0) is 37.0 Å². The van der Waals surface area contributed by atoms with Crippen LogP contribution in [-0.4, -0.2) is 6.04 Å².